The standard InChI is InChI=1S/C18H18ClN3O5/c1-25-15-4-2-3-5-16(15)27-11-18(24)22-21-9-12-6-7-14(13(19)8-12)26-10-17(20)23/h2-9H,10-11H2,1H3,(H2,20,23)(H,22,24). The van der Waals surface area contributed by atoms with Crippen molar-refractivity contribution in [3.63, 3.8) is 0 Å². The van der Waals surface area contributed by atoms with Crippen molar-refractivity contribution < 1.29 is 23.8 Å². The monoisotopic (exact) mass is 391 g/mol. The lowest BCUT2D eigenvalue weighted by Crippen LogP contribution is -2.24. The first kappa shape index (κ1) is 20.1. The van der Waals surface area contributed by atoms with Crippen molar-refractivity contribution >= 4 is 29.6 Å². The van der Waals surface area contributed by atoms with Gasteiger partial charge in [-0.25, -0.2) is 5.43 Å². The van der Waals surface area contributed by atoms with Crippen molar-refractivity contribution in [3.05, 3.63) is 53.1 Å². The number of hydrogen-bond donors (Lipinski definition) is 2. The van der Waals surface area contributed by atoms with Crippen LogP contribution in [0, 0.1) is 0 Å². The van der Waals surface area contributed by atoms with E-state index in [0.717, 1.165) is 0 Å². The summed E-state index contributed by atoms with van der Waals surface area (Å²) >= 11 is 6.04. The minimum Gasteiger partial charge on any atom is -0.493 e. The van der Waals surface area contributed by atoms with Crippen LogP contribution in [0.25, 0.3) is 0 Å². The first-order valence-corrected chi connectivity index (χ1v) is 8.15. The van der Waals surface area contributed by atoms with Gasteiger partial charge in [-0.15, -0.1) is 0 Å². The average Bonchev–Trinajstić information content (AvgIpc) is 2.65. The maximum absolute atomic E-state index is 11.8. The molecule has 0 saturated heterocycles. The van der Waals surface area contributed by atoms with E-state index in [2.05, 4.69) is 10.5 Å². The van der Waals surface area contributed by atoms with Crippen molar-refractivity contribution in [2.24, 2.45) is 10.8 Å². The Kier molecular flexibility index (Phi) is 7.45. The number of para-hydroxylation sites is 2. The van der Waals surface area contributed by atoms with Gasteiger partial charge in [0.15, 0.2) is 24.7 Å². The Labute approximate surface area is 160 Å². The third kappa shape index (κ3) is 6.52. The van der Waals surface area contributed by atoms with E-state index in [9.17, 15) is 9.59 Å². The Morgan fingerprint density at radius 2 is 1.81 bits per heavy atom. The molecule has 2 rings (SSSR count). The van der Waals surface area contributed by atoms with Crippen LogP contribution < -0.4 is 25.4 Å². The van der Waals surface area contributed by atoms with Crippen LogP contribution in [0.15, 0.2) is 47.6 Å². The number of nitrogens with two attached hydrogens (primary N) is 1. The predicted octanol–water partition coefficient (Wildman–Crippen LogP) is 1.74. The van der Waals surface area contributed by atoms with Gasteiger partial charge >= 0.3 is 0 Å². The number of carbonyl (C=O) groups is 2. The fraction of sp³-hybridized carbons (Fsp3) is 0.167. The van der Waals surface area contributed by atoms with E-state index in [1.54, 1.807) is 42.5 Å². The summed E-state index contributed by atoms with van der Waals surface area (Å²) < 4.78 is 15.7. The lowest BCUT2D eigenvalue weighted by molar-refractivity contribution is -0.123. The van der Waals surface area contributed by atoms with Gasteiger partial charge in [-0.2, -0.15) is 5.10 Å². The highest BCUT2D eigenvalue weighted by molar-refractivity contribution is 6.32. The summed E-state index contributed by atoms with van der Waals surface area (Å²) in [5.74, 6) is 0.265. The first-order valence-electron chi connectivity index (χ1n) is 7.78. The van der Waals surface area contributed by atoms with Crippen LogP contribution in [0.1, 0.15) is 5.56 Å². The van der Waals surface area contributed by atoms with Gasteiger partial charge in [-0.3, -0.25) is 9.59 Å². The number of ether oxygens (including phenoxy) is 3. The molecule has 0 saturated carbocycles. The summed E-state index contributed by atoms with van der Waals surface area (Å²) in [6.45, 7) is -0.492. The number of benzene rings is 2. The van der Waals surface area contributed by atoms with Gasteiger partial charge < -0.3 is 19.9 Å². The molecule has 0 aliphatic rings. The zero-order chi connectivity index (χ0) is 19.6. The quantitative estimate of drug-likeness (QED) is 0.499. The minimum atomic E-state index is -0.602. The SMILES string of the molecule is COc1ccccc1OCC(=O)NN=Cc1ccc(OCC(N)=O)c(Cl)c1. The Morgan fingerprint density at radius 3 is 2.48 bits per heavy atom. The van der Waals surface area contributed by atoms with Gasteiger partial charge in [0.05, 0.1) is 18.3 Å². The van der Waals surface area contributed by atoms with Crippen molar-refractivity contribution in [2.45, 2.75) is 0 Å². The third-order valence-electron chi connectivity index (χ3n) is 3.16. The van der Waals surface area contributed by atoms with E-state index in [-0.39, 0.29) is 18.2 Å². The second-order valence-corrected chi connectivity index (χ2v) is 5.58. The second-order valence-electron chi connectivity index (χ2n) is 5.18. The molecule has 0 unspecified atom stereocenters. The Bertz CT molecular complexity index is 841. The number of primary amides is 1. The number of methoxy groups -OCH3 is 1. The van der Waals surface area contributed by atoms with Crippen LogP contribution in [0.5, 0.6) is 17.2 Å². The van der Waals surface area contributed by atoms with Crippen LogP contribution in [-0.2, 0) is 9.59 Å². The summed E-state index contributed by atoms with van der Waals surface area (Å²) in [7, 11) is 1.52. The van der Waals surface area contributed by atoms with Gasteiger partial charge in [0.25, 0.3) is 11.8 Å². The van der Waals surface area contributed by atoms with Crippen LogP contribution in [-0.4, -0.2) is 38.4 Å². The lowest BCUT2D eigenvalue weighted by Gasteiger charge is -2.09. The molecule has 27 heavy (non-hydrogen) atoms. The molecule has 0 heterocycles. The number of hydrogen-bond acceptors (Lipinski definition) is 6. The van der Waals surface area contributed by atoms with Crippen LogP contribution in [0.3, 0.4) is 0 Å². The number of hydrazone groups is 1. The van der Waals surface area contributed by atoms with E-state index < -0.39 is 11.8 Å². The van der Waals surface area contributed by atoms with Gasteiger partial charge in [-0.1, -0.05) is 23.7 Å². The summed E-state index contributed by atoms with van der Waals surface area (Å²) in [6, 6.07) is 11.8. The molecular formula is C18H18ClN3O5. The van der Waals surface area contributed by atoms with E-state index in [0.29, 0.717) is 22.8 Å². The highest BCUT2D eigenvalue weighted by Gasteiger charge is 2.06. The molecule has 2 amide bonds. The molecule has 0 aliphatic heterocycles. The van der Waals surface area contributed by atoms with Crippen molar-refractivity contribution in [2.75, 3.05) is 20.3 Å². The van der Waals surface area contributed by atoms with E-state index in [1.165, 1.54) is 13.3 Å². The van der Waals surface area contributed by atoms with Gasteiger partial charge in [-0.05, 0) is 35.9 Å². The number of carbonyl (C=O) groups excluding carboxylic acids is 2. The lowest BCUT2D eigenvalue weighted by atomic mass is 10.2. The Morgan fingerprint density at radius 1 is 1.11 bits per heavy atom. The zero-order valence-electron chi connectivity index (χ0n) is 14.5. The number of nitrogens with one attached hydrogen (secondary N) is 1. The minimum absolute atomic E-state index is 0.224. The molecule has 3 N–H and O–H groups in total. The predicted molar refractivity (Wildman–Crippen MR) is 100 cm³/mol. The smallest absolute Gasteiger partial charge is 0.277 e. The molecule has 0 fully saturated rings. The molecule has 0 aliphatic carbocycles. The zero-order valence-corrected chi connectivity index (χ0v) is 15.2. The summed E-state index contributed by atoms with van der Waals surface area (Å²) in [4.78, 5) is 22.5. The van der Waals surface area contributed by atoms with Gasteiger partial charge in [0.2, 0.25) is 0 Å². The first-order chi connectivity index (χ1) is 13.0. The van der Waals surface area contributed by atoms with Crippen LogP contribution in [0.4, 0.5) is 0 Å². The molecule has 142 valence electrons. The van der Waals surface area contributed by atoms with Crippen molar-refractivity contribution in [3.8, 4) is 17.2 Å². The number of halogens is 1. The molecular weight excluding hydrogens is 374 g/mol. The van der Waals surface area contributed by atoms with Crippen LogP contribution in [0.2, 0.25) is 5.02 Å². The largest absolute Gasteiger partial charge is 0.493 e. The highest BCUT2D eigenvalue weighted by atomic mass is 35.5. The summed E-state index contributed by atoms with van der Waals surface area (Å²) in [5, 5.41) is 4.12. The summed E-state index contributed by atoms with van der Waals surface area (Å²) in [5.41, 5.74) is 7.97. The fourth-order valence-corrected chi connectivity index (χ4v) is 2.20. The van der Waals surface area contributed by atoms with Crippen molar-refractivity contribution in [1.29, 1.82) is 0 Å². The molecule has 0 atom stereocenters. The second kappa shape index (κ2) is 10.0. The Hall–Kier alpha value is -3.26. The third-order valence-corrected chi connectivity index (χ3v) is 3.45. The fourth-order valence-electron chi connectivity index (χ4n) is 1.96. The molecule has 2 aromatic rings. The highest BCUT2D eigenvalue weighted by Crippen LogP contribution is 2.26. The van der Waals surface area contributed by atoms with E-state index in [4.69, 9.17) is 31.5 Å². The topological polar surface area (TPSA) is 112 Å². The normalized spacial score (nSPS) is 10.4. The molecule has 2 aromatic carbocycles. The number of amides is 2. The molecule has 0 aromatic heterocycles. The maximum atomic E-state index is 11.8. The maximum Gasteiger partial charge on any atom is 0.277 e. The van der Waals surface area contributed by atoms with Crippen LogP contribution >= 0.6 is 11.6 Å². The van der Waals surface area contributed by atoms with Gasteiger partial charge in [0.1, 0.15) is 5.75 Å². The molecule has 0 radical (unpaired) electrons. The average molecular weight is 392 g/mol. The summed E-state index contributed by atoms with van der Waals surface area (Å²) in [6.07, 6.45) is 1.41. The molecule has 9 heteroatoms. The number of rotatable bonds is 9. The van der Waals surface area contributed by atoms with E-state index >= 15 is 0 Å². The van der Waals surface area contributed by atoms with Crippen molar-refractivity contribution in [1.82, 2.24) is 5.43 Å². The molecule has 0 spiro atoms. The van der Waals surface area contributed by atoms with E-state index in [1.807, 2.05) is 0 Å². The Balaban J connectivity index is 1.84. The molecule has 0 bridgehead atoms. The molecule has 8 nitrogen and oxygen atoms in total. The number of nitrogens with zero attached hydrogens (tertiary/aromatic N) is 1. The van der Waals surface area contributed by atoms with Gasteiger partial charge in [0, 0.05) is 0 Å².